The predicted molar refractivity (Wildman–Crippen MR) is 67.3 cm³/mol. The predicted octanol–water partition coefficient (Wildman–Crippen LogP) is -0.736. The Labute approximate surface area is 110 Å². The highest BCUT2D eigenvalue weighted by atomic mass is 32.2. The van der Waals surface area contributed by atoms with Crippen LogP contribution in [0.3, 0.4) is 0 Å². The number of hydrogen-bond acceptors (Lipinski definition) is 4. The van der Waals surface area contributed by atoms with E-state index in [0.29, 0.717) is 5.56 Å². The van der Waals surface area contributed by atoms with Crippen LogP contribution in [-0.4, -0.2) is 31.5 Å². The van der Waals surface area contributed by atoms with Crippen LogP contribution in [0.25, 0.3) is 0 Å². The van der Waals surface area contributed by atoms with E-state index in [9.17, 15) is 18.0 Å². The number of sulfone groups is 1. The summed E-state index contributed by atoms with van der Waals surface area (Å²) in [7, 11) is -4.02. The summed E-state index contributed by atoms with van der Waals surface area (Å²) in [5, 5.41) is 0. The lowest BCUT2D eigenvalue weighted by molar-refractivity contribution is -0.124. The topological polar surface area (TPSA) is 124 Å². The number of hydrogen-bond donors (Lipinski definition) is 2. The van der Waals surface area contributed by atoms with Crippen molar-refractivity contribution in [1.29, 1.82) is 0 Å². The Morgan fingerprint density at radius 3 is 2.32 bits per heavy atom. The molecular weight excluding hydrogens is 270 g/mol. The molecule has 3 amide bonds. The Morgan fingerprint density at radius 2 is 1.84 bits per heavy atom. The maximum Gasteiger partial charge on any atom is 0.317 e. The van der Waals surface area contributed by atoms with Gasteiger partial charge in [0, 0.05) is 11.8 Å². The monoisotopic (exact) mass is 283 g/mol. The van der Waals surface area contributed by atoms with E-state index < -0.39 is 26.6 Å². The minimum atomic E-state index is -4.02. The Bertz CT molecular complexity index is 670. The van der Waals surface area contributed by atoms with Gasteiger partial charge in [0.1, 0.15) is 0 Å². The summed E-state index contributed by atoms with van der Waals surface area (Å²) in [6.45, 7) is -0.0679. The number of fused-ring (bicyclic) bond motifs is 1. The molecule has 0 aliphatic carbocycles. The van der Waals surface area contributed by atoms with E-state index in [1.165, 1.54) is 6.07 Å². The molecule has 1 unspecified atom stereocenters. The fraction of sp³-hybridized carbons (Fsp3) is 0.273. The molecule has 1 aliphatic rings. The summed E-state index contributed by atoms with van der Waals surface area (Å²) in [4.78, 5) is 21.9. The maximum absolute atomic E-state index is 12.1. The first kappa shape index (κ1) is 13.3. The Balaban J connectivity index is 2.87. The third kappa shape index (κ3) is 1.60. The molecule has 7 nitrogen and oxygen atoms in total. The van der Waals surface area contributed by atoms with Crippen LogP contribution in [0.5, 0.6) is 0 Å². The second-order valence-corrected chi connectivity index (χ2v) is 6.50. The van der Waals surface area contributed by atoms with Gasteiger partial charge in [-0.15, -0.1) is 0 Å². The number of nitrogens with two attached hydrogens (primary N) is 2. The highest BCUT2D eigenvalue weighted by Crippen LogP contribution is 2.42. The molecule has 8 heteroatoms. The molecule has 0 saturated carbocycles. The van der Waals surface area contributed by atoms with E-state index in [-0.39, 0.29) is 12.1 Å². The SMILES string of the molecule is CS(=O)(=O)C1(C(N)=O)c2ccccc2CN1C(N)=O. The van der Waals surface area contributed by atoms with Crippen molar-refractivity contribution in [2.45, 2.75) is 11.4 Å². The standard InChI is InChI=1S/C11H13N3O4S/c1-19(17,18)11(9(12)15)8-5-3-2-4-7(8)6-14(11)10(13)16/h2-5H,6H2,1H3,(H2,12,15)(H2,13,16). The Morgan fingerprint density at radius 1 is 1.26 bits per heavy atom. The molecule has 102 valence electrons. The highest BCUT2D eigenvalue weighted by molar-refractivity contribution is 7.92. The van der Waals surface area contributed by atoms with Crippen LogP contribution in [0.1, 0.15) is 11.1 Å². The maximum atomic E-state index is 12.1. The van der Waals surface area contributed by atoms with Crippen molar-refractivity contribution in [3.05, 3.63) is 35.4 Å². The van der Waals surface area contributed by atoms with Crippen molar-refractivity contribution in [2.75, 3.05) is 6.26 Å². The molecule has 0 fully saturated rings. The van der Waals surface area contributed by atoms with Crippen molar-refractivity contribution in [3.63, 3.8) is 0 Å². The van der Waals surface area contributed by atoms with Crippen LogP contribution in [0.15, 0.2) is 24.3 Å². The third-order valence-electron chi connectivity index (χ3n) is 3.23. The Hall–Kier alpha value is -2.09. The number of benzene rings is 1. The molecule has 0 spiro atoms. The zero-order valence-electron chi connectivity index (χ0n) is 10.2. The molecule has 0 radical (unpaired) electrons. The minimum absolute atomic E-state index is 0.0679. The number of nitrogens with zero attached hydrogens (tertiary/aromatic N) is 1. The molecule has 0 saturated heterocycles. The Kier molecular flexibility index (Phi) is 2.78. The lowest BCUT2D eigenvalue weighted by atomic mass is 10.0. The van der Waals surface area contributed by atoms with Crippen molar-refractivity contribution in [3.8, 4) is 0 Å². The van der Waals surface area contributed by atoms with E-state index in [2.05, 4.69) is 0 Å². The van der Waals surface area contributed by atoms with Gasteiger partial charge in [-0.2, -0.15) is 0 Å². The lowest BCUT2D eigenvalue weighted by Crippen LogP contribution is -2.59. The molecule has 1 atom stereocenters. The first-order valence-corrected chi connectivity index (χ1v) is 7.27. The largest absolute Gasteiger partial charge is 0.366 e. The molecule has 1 aromatic rings. The van der Waals surface area contributed by atoms with Crippen LogP contribution >= 0.6 is 0 Å². The van der Waals surface area contributed by atoms with Gasteiger partial charge in [0.15, 0.2) is 9.84 Å². The fourth-order valence-corrected chi connectivity index (χ4v) is 4.02. The van der Waals surface area contributed by atoms with Gasteiger partial charge < -0.3 is 11.5 Å². The molecule has 1 aromatic carbocycles. The molecular formula is C11H13N3O4S. The van der Waals surface area contributed by atoms with Gasteiger partial charge in [-0.05, 0) is 5.56 Å². The minimum Gasteiger partial charge on any atom is -0.366 e. The van der Waals surface area contributed by atoms with Crippen molar-refractivity contribution in [2.24, 2.45) is 11.5 Å². The van der Waals surface area contributed by atoms with Gasteiger partial charge in [0.25, 0.3) is 10.8 Å². The summed E-state index contributed by atoms with van der Waals surface area (Å²) in [5.41, 5.74) is 11.2. The average molecular weight is 283 g/mol. The first-order chi connectivity index (χ1) is 8.73. The van der Waals surface area contributed by atoms with Crippen LogP contribution in [0.2, 0.25) is 0 Å². The molecule has 2 rings (SSSR count). The molecule has 4 N–H and O–H groups in total. The van der Waals surface area contributed by atoms with Crippen LogP contribution in [-0.2, 0) is 26.0 Å². The summed E-state index contributed by atoms with van der Waals surface area (Å²) in [6.07, 6.45) is 0.857. The number of primary amides is 2. The average Bonchev–Trinajstić information content (AvgIpc) is 2.63. The molecule has 0 aromatic heterocycles. The summed E-state index contributed by atoms with van der Waals surface area (Å²) >= 11 is 0. The number of carbonyl (C=O) groups excluding carboxylic acids is 2. The summed E-state index contributed by atoms with van der Waals surface area (Å²) in [5.74, 6) is -1.14. The van der Waals surface area contributed by atoms with E-state index in [0.717, 1.165) is 11.2 Å². The molecule has 19 heavy (non-hydrogen) atoms. The van der Waals surface area contributed by atoms with E-state index in [1.807, 2.05) is 0 Å². The van der Waals surface area contributed by atoms with E-state index in [1.54, 1.807) is 18.2 Å². The van der Waals surface area contributed by atoms with Crippen molar-refractivity contribution in [1.82, 2.24) is 4.90 Å². The van der Waals surface area contributed by atoms with E-state index in [4.69, 9.17) is 11.5 Å². The lowest BCUT2D eigenvalue weighted by Gasteiger charge is -2.33. The molecule has 0 bridgehead atoms. The zero-order valence-corrected chi connectivity index (χ0v) is 11.0. The van der Waals surface area contributed by atoms with Crippen LogP contribution in [0.4, 0.5) is 4.79 Å². The molecule has 1 heterocycles. The normalized spacial score (nSPS) is 22.1. The van der Waals surface area contributed by atoms with Gasteiger partial charge >= 0.3 is 6.03 Å². The zero-order chi connectivity index (χ0) is 14.4. The van der Waals surface area contributed by atoms with Gasteiger partial charge in [-0.25, -0.2) is 13.2 Å². The highest BCUT2D eigenvalue weighted by Gasteiger charge is 2.59. The summed E-state index contributed by atoms with van der Waals surface area (Å²) < 4.78 is 24.2. The van der Waals surface area contributed by atoms with Gasteiger partial charge in [-0.3, -0.25) is 9.69 Å². The second-order valence-electron chi connectivity index (χ2n) is 4.36. The molecule has 1 aliphatic heterocycles. The number of amides is 3. The third-order valence-corrected chi connectivity index (χ3v) is 4.94. The van der Waals surface area contributed by atoms with Crippen molar-refractivity contribution >= 4 is 21.8 Å². The van der Waals surface area contributed by atoms with E-state index >= 15 is 0 Å². The number of carbonyl (C=O) groups is 2. The number of urea groups is 1. The van der Waals surface area contributed by atoms with Crippen LogP contribution < -0.4 is 11.5 Å². The fourth-order valence-electron chi connectivity index (χ4n) is 2.50. The van der Waals surface area contributed by atoms with Gasteiger partial charge in [-0.1, -0.05) is 24.3 Å². The quantitative estimate of drug-likeness (QED) is 0.742. The van der Waals surface area contributed by atoms with Gasteiger partial charge in [0.2, 0.25) is 0 Å². The number of rotatable bonds is 2. The van der Waals surface area contributed by atoms with Gasteiger partial charge in [0.05, 0.1) is 6.54 Å². The first-order valence-electron chi connectivity index (χ1n) is 5.38. The smallest absolute Gasteiger partial charge is 0.317 e. The summed E-state index contributed by atoms with van der Waals surface area (Å²) in [6, 6.07) is 5.33. The second kappa shape index (κ2) is 3.95. The van der Waals surface area contributed by atoms with Crippen LogP contribution in [0, 0.1) is 0 Å². The van der Waals surface area contributed by atoms with Crippen molar-refractivity contribution < 1.29 is 18.0 Å².